The molecule has 67 heavy (non-hydrogen) atoms. The van der Waals surface area contributed by atoms with Gasteiger partial charge in [0.1, 0.15) is 146 Å². The molecular formula is C36H62O31. The van der Waals surface area contributed by atoms with Crippen LogP contribution in [0.3, 0.4) is 0 Å². The molecule has 0 bridgehead atoms. The summed E-state index contributed by atoms with van der Waals surface area (Å²) in [5, 5.41) is 206. The average molecular weight is 991 g/mol. The normalized spacial score (nSPS) is 48.3. The van der Waals surface area contributed by atoms with Crippen molar-refractivity contribution >= 4 is 6.29 Å². The number of aliphatic hydroxyl groups excluding tert-OH is 20. The van der Waals surface area contributed by atoms with Crippen molar-refractivity contribution < 1.29 is 154 Å². The maximum Gasteiger partial charge on any atom is 0.187 e. The predicted octanol–water partition coefficient (Wildman–Crippen LogP) is -14.3. The Morgan fingerprint density at radius 2 is 0.657 bits per heavy atom. The van der Waals surface area contributed by atoms with Crippen molar-refractivity contribution in [3.8, 4) is 0 Å². The summed E-state index contributed by atoms with van der Waals surface area (Å²) >= 11 is 0. The maximum absolute atomic E-state index is 11.0. The summed E-state index contributed by atoms with van der Waals surface area (Å²) in [5.74, 6) is 0. The molecular weight excluding hydrogens is 928 g/mol. The smallest absolute Gasteiger partial charge is 0.187 e. The molecule has 0 amide bonds. The van der Waals surface area contributed by atoms with Gasteiger partial charge in [-0.05, 0) is 0 Å². The number of carbonyl (C=O) groups excluding carboxylic acids is 1. The van der Waals surface area contributed by atoms with Gasteiger partial charge in [-0.1, -0.05) is 0 Å². The number of hydrogen-bond donors (Lipinski definition) is 20. The van der Waals surface area contributed by atoms with E-state index < -0.39 is 218 Å². The molecule has 0 aromatic rings. The van der Waals surface area contributed by atoms with Gasteiger partial charge in [-0.15, -0.1) is 0 Å². The van der Waals surface area contributed by atoms with Crippen molar-refractivity contribution in [1.29, 1.82) is 0 Å². The Kier molecular flexibility index (Phi) is 20.8. The molecule has 0 radical (unpaired) electrons. The highest BCUT2D eigenvalue weighted by molar-refractivity contribution is 5.56. The molecule has 5 saturated heterocycles. The Balaban J connectivity index is 1.17. The molecule has 0 spiro atoms. The molecule has 0 unspecified atom stereocenters. The van der Waals surface area contributed by atoms with Gasteiger partial charge >= 0.3 is 0 Å². The molecule has 5 rings (SSSR count). The van der Waals surface area contributed by atoms with Gasteiger partial charge in [0, 0.05) is 0 Å². The number of carbonyl (C=O) groups is 1. The molecule has 0 aliphatic carbocycles. The number of aldehydes is 1. The number of rotatable bonds is 20. The summed E-state index contributed by atoms with van der Waals surface area (Å²) in [7, 11) is 0. The van der Waals surface area contributed by atoms with Crippen LogP contribution in [0.25, 0.3) is 0 Å². The molecule has 31 heteroatoms. The van der Waals surface area contributed by atoms with Crippen molar-refractivity contribution in [3.63, 3.8) is 0 Å². The van der Waals surface area contributed by atoms with Crippen molar-refractivity contribution in [2.24, 2.45) is 0 Å². The minimum atomic E-state index is -2.20. The molecule has 5 heterocycles. The van der Waals surface area contributed by atoms with Gasteiger partial charge in [0.15, 0.2) is 37.7 Å². The lowest BCUT2D eigenvalue weighted by atomic mass is 9.97. The average Bonchev–Trinajstić information content (AvgIpc) is 3.32. The van der Waals surface area contributed by atoms with E-state index >= 15 is 0 Å². The lowest BCUT2D eigenvalue weighted by Crippen LogP contribution is -2.63. The van der Waals surface area contributed by atoms with Gasteiger partial charge in [0.05, 0.1) is 39.6 Å². The van der Waals surface area contributed by atoms with Gasteiger partial charge in [0.2, 0.25) is 0 Å². The second-order valence-electron chi connectivity index (χ2n) is 16.6. The van der Waals surface area contributed by atoms with Gasteiger partial charge in [-0.2, -0.15) is 0 Å². The monoisotopic (exact) mass is 990 g/mol. The molecule has 392 valence electrons. The molecule has 5 fully saturated rings. The van der Waals surface area contributed by atoms with Crippen molar-refractivity contribution in [1.82, 2.24) is 0 Å². The quantitative estimate of drug-likeness (QED) is 0.0504. The van der Waals surface area contributed by atoms with Crippen LogP contribution in [0.1, 0.15) is 0 Å². The second-order valence-corrected chi connectivity index (χ2v) is 16.6. The standard InChI is InChI=1S/C36H62O31/c37-1-8(40)15(42)31(9(41)2-38)67-36-30(57)25(52)20(47)14(66-36)7-61-35-29(56)24(51)19(46)13(65-35)6-60-34-28(55)23(50)18(45)12(64-34)5-59-33-27(54)22(49)17(44)11(63-33)4-58-32-26(53)21(48)16(43)10(3-39)62-32/h1,8-36,38-57H,2-7H2/t8-,9+,10+,11+,12+,13+,14+,15+,16-,17-,18-,19-,20-,21-,22-,23-,24-,25-,26+,27+,28+,29+,30+,31+,32+,33+,34+,35+,36-/m0/s1. The topological polar surface area (TPSA) is 514 Å². The number of aliphatic hydroxyl groups is 20. The van der Waals surface area contributed by atoms with E-state index in [1.807, 2.05) is 0 Å². The molecule has 5 aliphatic rings. The zero-order valence-electron chi connectivity index (χ0n) is 35.0. The molecule has 0 aromatic heterocycles. The van der Waals surface area contributed by atoms with Gasteiger partial charge in [-0.3, -0.25) is 0 Å². The lowest BCUT2D eigenvalue weighted by molar-refractivity contribution is -0.353. The van der Waals surface area contributed by atoms with Gasteiger partial charge < -0.3 is 154 Å². The van der Waals surface area contributed by atoms with E-state index in [2.05, 4.69) is 0 Å². The van der Waals surface area contributed by atoms with Crippen LogP contribution in [-0.2, 0) is 52.2 Å². The zero-order valence-corrected chi connectivity index (χ0v) is 35.0. The van der Waals surface area contributed by atoms with Gasteiger partial charge in [0.25, 0.3) is 0 Å². The molecule has 0 saturated carbocycles. The highest BCUT2D eigenvalue weighted by Gasteiger charge is 2.52. The molecule has 0 aromatic carbocycles. The van der Waals surface area contributed by atoms with Crippen LogP contribution in [0, 0.1) is 0 Å². The van der Waals surface area contributed by atoms with Crippen LogP contribution in [-0.4, -0.2) is 326 Å². The van der Waals surface area contributed by atoms with Crippen LogP contribution in [0.2, 0.25) is 0 Å². The van der Waals surface area contributed by atoms with Crippen LogP contribution in [0.15, 0.2) is 0 Å². The Labute approximate surface area is 378 Å². The summed E-state index contributed by atoms with van der Waals surface area (Å²) in [6.07, 6.45) is -55.0. The van der Waals surface area contributed by atoms with E-state index in [1.54, 1.807) is 0 Å². The van der Waals surface area contributed by atoms with E-state index in [1.165, 1.54) is 0 Å². The van der Waals surface area contributed by atoms with E-state index in [-0.39, 0.29) is 6.29 Å². The van der Waals surface area contributed by atoms with Crippen molar-refractivity contribution in [3.05, 3.63) is 0 Å². The highest BCUT2D eigenvalue weighted by atomic mass is 16.8. The summed E-state index contributed by atoms with van der Waals surface area (Å²) in [6.45, 7) is -5.07. The highest BCUT2D eigenvalue weighted by Crippen LogP contribution is 2.31. The fourth-order valence-electron chi connectivity index (χ4n) is 7.64. The molecule has 5 aliphatic heterocycles. The third-order valence-electron chi connectivity index (χ3n) is 11.9. The van der Waals surface area contributed by atoms with Crippen LogP contribution in [0.5, 0.6) is 0 Å². The fraction of sp³-hybridized carbons (Fsp3) is 0.972. The first-order chi connectivity index (χ1) is 31.6. The van der Waals surface area contributed by atoms with Crippen LogP contribution >= 0.6 is 0 Å². The molecule has 29 atom stereocenters. The first kappa shape index (κ1) is 56.4. The first-order valence-electron chi connectivity index (χ1n) is 20.9. The van der Waals surface area contributed by atoms with Gasteiger partial charge in [-0.25, -0.2) is 0 Å². The van der Waals surface area contributed by atoms with Crippen LogP contribution in [0.4, 0.5) is 0 Å². The minimum Gasteiger partial charge on any atom is -0.394 e. The third kappa shape index (κ3) is 12.8. The summed E-state index contributed by atoms with van der Waals surface area (Å²) in [4.78, 5) is 11.0. The molecule has 31 nitrogen and oxygen atoms in total. The van der Waals surface area contributed by atoms with E-state index in [4.69, 9.17) is 47.4 Å². The summed E-state index contributed by atoms with van der Waals surface area (Å²) in [6, 6.07) is 0. The minimum absolute atomic E-state index is 0.124. The predicted molar refractivity (Wildman–Crippen MR) is 200 cm³/mol. The largest absolute Gasteiger partial charge is 0.394 e. The lowest BCUT2D eigenvalue weighted by Gasteiger charge is -2.45. The number of hydrogen-bond acceptors (Lipinski definition) is 31. The Hall–Kier alpha value is -1.53. The van der Waals surface area contributed by atoms with Crippen molar-refractivity contribution in [2.75, 3.05) is 39.6 Å². The SMILES string of the molecule is O=C[C@H](O)[C@@H](O)[C@H](O[C@@H]1O[C@H](CO[C@@H]2O[C@H](CO[C@@H]3O[C@H](CO[C@@H]4O[C@H](CO[C@@H]5O[C@H](CO)[C@H](O)[C@H](O)[C@H]5O)[C@H](O)[C@H](O)[C@H]4O)[C@H](O)[C@H](O)[C@H]3O)[C@H](O)[C@H](O)[C@H]2O)[C@H](O)[C@H](O)[C@H]1O)[C@H](O)CO. The zero-order chi connectivity index (χ0) is 49.8. The maximum atomic E-state index is 11.0. The summed E-state index contributed by atoms with van der Waals surface area (Å²) < 4.78 is 54.4. The van der Waals surface area contributed by atoms with Crippen LogP contribution < -0.4 is 0 Å². The van der Waals surface area contributed by atoms with E-state index in [9.17, 15) is 107 Å². The van der Waals surface area contributed by atoms with Crippen molar-refractivity contribution in [2.45, 2.75) is 178 Å². The fourth-order valence-corrected chi connectivity index (χ4v) is 7.64. The van der Waals surface area contributed by atoms with E-state index in [0.29, 0.717) is 0 Å². The number of ether oxygens (including phenoxy) is 10. The Bertz CT molecular complexity index is 1490. The molecule has 20 N–H and O–H groups in total. The third-order valence-corrected chi connectivity index (χ3v) is 11.9. The Morgan fingerprint density at radius 3 is 0.940 bits per heavy atom. The second kappa shape index (κ2) is 24.7. The summed E-state index contributed by atoms with van der Waals surface area (Å²) in [5.41, 5.74) is 0. The first-order valence-corrected chi connectivity index (χ1v) is 20.9. The Morgan fingerprint density at radius 1 is 0.388 bits per heavy atom. The van der Waals surface area contributed by atoms with E-state index in [0.717, 1.165) is 0 Å².